The molecule has 3 nitrogen and oxygen atoms in total. The maximum atomic E-state index is 11.3. The Morgan fingerprint density at radius 2 is 1.85 bits per heavy atom. The van der Waals surface area contributed by atoms with Crippen LogP contribution in [0.2, 0.25) is 0 Å². The zero-order valence-corrected chi connectivity index (χ0v) is 9.48. The number of nitrogens with zero attached hydrogens (tertiary/aromatic N) is 1. The number of rotatable bonds is 5. The molecule has 0 aliphatic carbocycles. The first kappa shape index (κ1) is 12.4. The van der Waals surface area contributed by atoms with Crippen LogP contribution < -0.4 is 5.32 Å². The summed E-state index contributed by atoms with van der Waals surface area (Å²) in [5.41, 5.74) is -0.0133. The van der Waals surface area contributed by atoms with E-state index in [0.717, 1.165) is 19.4 Å². The predicted molar refractivity (Wildman–Crippen MR) is 55.7 cm³/mol. The van der Waals surface area contributed by atoms with Crippen molar-refractivity contribution >= 4 is 5.91 Å². The number of hydrogen-bond acceptors (Lipinski definition) is 2. The number of carbonyl (C=O) groups excluding carboxylic acids is 1. The van der Waals surface area contributed by atoms with E-state index in [1.807, 2.05) is 19.0 Å². The Morgan fingerprint density at radius 1 is 1.38 bits per heavy atom. The van der Waals surface area contributed by atoms with Crippen molar-refractivity contribution in [1.82, 2.24) is 10.2 Å². The van der Waals surface area contributed by atoms with Crippen molar-refractivity contribution in [1.29, 1.82) is 0 Å². The number of amides is 1. The molecular formula is C10H22N2O. The summed E-state index contributed by atoms with van der Waals surface area (Å²) in [5.74, 6) is 0.138. The molecular weight excluding hydrogens is 164 g/mol. The van der Waals surface area contributed by atoms with Crippen LogP contribution >= 0.6 is 0 Å². The Morgan fingerprint density at radius 3 is 2.08 bits per heavy atom. The van der Waals surface area contributed by atoms with Crippen molar-refractivity contribution in [3.8, 4) is 0 Å². The fourth-order valence-electron chi connectivity index (χ4n) is 1.76. The molecule has 0 heterocycles. The molecule has 0 atom stereocenters. The van der Waals surface area contributed by atoms with Crippen LogP contribution in [0.1, 0.15) is 33.6 Å². The predicted octanol–water partition coefficient (Wildman–Crippen LogP) is 1.24. The number of hydrogen-bond donors (Lipinski definition) is 1. The lowest BCUT2D eigenvalue weighted by Gasteiger charge is -2.40. The van der Waals surface area contributed by atoms with E-state index in [-0.39, 0.29) is 11.4 Å². The topological polar surface area (TPSA) is 32.3 Å². The van der Waals surface area contributed by atoms with E-state index in [4.69, 9.17) is 0 Å². The third-order valence-electron chi connectivity index (χ3n) is 3.01. The smallest absolute Gasteiger partial charge is 0.219 e. The highest BCUT2D eigenvalue weighted by atomic mass is 16.2. The third kappa shape index (κ3) is 2.69. The van der Waals surface area contributed by atoms with E-state index in [2.05, 4.69) is 19.2 Å². The number of carbonyl (C=O) groups is 1. The first-order valence-corrected chi connectivity index (χ1v) is 4.93. The Balaban J connectivity index is 4.63. The molecule has 1 amide bonds. The average molecular weight is 186 g/mol. The zero-order chi connectivity index (χ0) is 10.5. The molecule has 0 aliphatic heterocycles. The molecule has 0 spiro atoms. The van der Waals surface area contributed by atoms with Crippen LogP contribution in [-0.2, 0) is 4.79 Å². The third-order valence-corrected chi connectivity index (χ3v) is 3.01. The van der Waals surface area contributed by atoms with Gasteiger partial charge in [0.15, 0.2) is 0 Å². The zero-order valence-electron chi connectivity index (χ0n) is 9.48. The first-order valence-electron chi connectivity index (χ1n) is 4.93. The van der Waals surface area contributed by atoms with Crippen LogP contribution in [0, 0.1) is 0 Å². The van der Waals surface area contributed by atoms with Crippen molar-refractivity contribution < 1.29 is 4.79 Å². The second kappa shape index (κ2) is 5.22. The van der Waals surface area contributed by atoms with Crippen LogP contribution in [0.25, 0.3) is 0 Å². The molecule has 1 N–H and O–H groups in total. The van der Waals surface area contributed by atoms with Gasteiger partial charge in [0.1, 0.15) is 0 Å². The van der Waals surface area contributed by atoms with Gasteiger partial charge >= 0.3 is 0 Å². The van der Waals surface area contributed by atoms with Crippen molar-refractivity contribution in [3.63, 3.8) is 0 Å². The summed E-state index contributed by atoms with van der Waals surface area (Å²) in [6.45, 7) is 6.73. The second-order valence-electron chi connectivity index (χ2n) is 3.54. The van der Waals surface area contributed by atoms with Crippen LogP contribution in [0.3, 0.4) is 0 Å². The molecule has 0 aromatic carbocycles. The Hall–Kier alpha value is -0.570. The summed E-state index contributed by atoms with van der Waals surface area (Å²) in [5, 5.41) is 3.15. The maximum absolute atomic E-state index is 11.3. The summed E-state index contributed by atoms with van der Waals surface area (Å²) in [7, 11) is 3.81. The van der Waals surface area contributed by atoms with Gasteiger partial charge in [-0.25, -0.2) is 0 Å². The molecule has 0 unspecified atom stereocenters. The summed E-state index contributed by atoms with van der Waals surface area (Å²) >= 11 is 0. The van der Waals surface area contributed by atoms with Crippen LogP contribution in [0.5, 0.6) is 0 Å². The lowest BCUT2D eigenvalue weighted by Crippen LogP contribution is -2.53. The van der Waals surface area contributed by atoms with E-state index < -0.39 is 0 Å². The van der Waals surface area contributed by atoms with Gasteiger partial charge in [-0.1, -0.05) is 13.8 Å². The molecule has 0 aromatic rings. The van der Waals surface area contributed by atoms with E-state index in [0.29, 0.717) is 0 Å². The summed E-state index contributed by atoms with van der Waals surface area (Å²) in [6.07, 6.45) is 1.97. The largest absolute Gasteiger partial charge is 0.339 e. The summed E-state index contributed by atoms with van der Waals surface area (Å²) in [6, 6.07) is 0. The molecule has 13 heavy (non-hydrogen) atoms. The fraction of sp³-hybridized carbons (Fsp3) is 0.900. The molecule has 0 fully saturated rings. The van der Waals surface area contributed by atoms with Gasteiger partial charge in [0.05, 0.1) is 5.54 Å². The molecule has 0 saturated heterocycles. The molecule has 0 rings (SSSR count). The van der Waals surface area contributed by atoms with Gasteiger partial charge < -0.3 is 10.2 Å². The number of nitrogens with one attached hydrogen (secondary N) is 1. The lowest BCUT2D eigenvalue weighted by atomic mass is 9.91. The standard InChI is InChI=1S/C10H22N2O/c1-6-10(7-2,8-11-4)12(5)9(3)13/h11H,6-8H2,1-5H3. The number of likely N-dealkylation sites (N-methyl/N-ethyl adjacent to an activating group) is 2. The minimum absolute atomic E-state index is 0.0133. The van der Waals surface area contributed by atoms with Gasteiger partial charge in [-0.15, -0.1) is 0 Å². The molecule has 3 heteroatoms. The molecule has 0 saturated carbocycles. The second-order valence-corrected chi connectivity index (χ2v) is 3.54. The van der Waals surface area contributed by atoms with Crippen LogP contribution in [0.15, 0.2) is 0 Å². The Kier molecular flexibility index (Phi) is 4.99. The van der Waals surface area contributed by atoms with Crippen molar-refractivity contribution in [2.75, 3.05) is 20.6 Å². The molecule has 78 valence electrons. The Labute approximate surface area is 81.5 Å². The minimum atomic E-state index is -0.0133. The van der Waals surface area contributed by atoms with E-state index in [1.54, 1.807) is 6.92 Å². The monoisotopic (exact) mass is 186 g/mol. The quantitative estimate of drug-likeness (QED) is 0.700. The Bertz CT molecular complexity index is 164. The summed E-state index contributed by atoms with van der Waals surface area (Å²) < 4.78 is 0. The minimum Gasteiger partial charge on any atom is -0.339 e. The van der Waals surface area contributed by atoms with Gasteiger partial charge in [-0.2, -0.15) is 0 Å². The van der Waals surface area contributed by atoms with E-state index in [1.165, 1.54) is 0 Å². The first-order chi connectivity index (χ1) is 6.04. The molecule has 0 aromatic heterocycles. The average Bonchev–Trinajstić information content (AvgIpc) is 2.13. The fourth-order valence-corrected chi connectivity index (χ4v) is 1.76. The summed E-state index contributed by atoms with van der Waals surface area (Å²) in [4.78, 5) is 13.1. The molecule has 0 aliphatic rings. The SMILES string of the molecule is CCC(CC)(CNC)N(C)C(C)=O. The highest BCUT2D eigenvalue weighted by Gasteiger charge is 2.31. The van der Waals surface area contributed by atoms with E-state index in [9.17, 15) is 4.79 Å². The van der Waals surface area contributed by atoms with Gasteiger partial charge in [-0.05, 0) is 19.9 Å². The van der Waals surface area contributed by atoms with Gasteiger partial charge in [0.2, 0.25) is 5.91 Å². The molecule has 0 radical (unpaired) electrons. The maximum Gasteiger partial charge on any atom is 0.219 e. The normalized spacial score (nSPS) is 11.5. The van der Waals surface area contributed by atoms with Crippen molar-refractivity contribution in [2.24, 2.45) is 0 Å². The van der Waals surface area contributed by atoms with Crippen LogP contribution in [-0.4, -0.2) is 37.0 Å². The molecule has 0 bridgehead atoms. The van der Waals surface area contributed by atoms with Gasteiger partial charge in [-0.3, -0.25) is 4.79 Å². The highest BCUT2D eigenvalue weighted by molar-refractivity contribution is 5.73. The lowest BCUT2D eigenvalue weighted by molar-refractivity contribution is -0.133. The highest BCUT2D eigenvalue weighted by Crippen LogP contribution is 2.21. The van der Waals surface area contributed by atoms with Gasteiger partial charge in [0.25, 0.3) is 0 Å². The van der Waals surface area contributed by atoms with Crippen molar-refractivity contribution in [3.05, 3.63) is 0 Å². The van der Waals surface area contributed by atoms with Gasteiger partial charge in [0, 0.05) is 20.5 Å². The van der Waals surface area contributed by atoms with Crippen LogP contribution in [0.4, 0.5) is 0 Å². The van der Waals surface area contributed by atoms with E-state index >= 15 is 0 Å². The van der Waals surface area contributed by atoms with Crippen molar-refractivity contribution in [2.45, 2.75) is 39.2 Å².